The molecule has 100 valence electrons. The monoisotopic (exact) mass is 278 g/mol. The second-order valence-corrected chi connectivity index (χ2v) is 6.93. The molecule has 1 aliphatic heterocycles. The van der Waals surface area contributed by atoms with Crippen LogP contribution in [0.1, 0.15) is 28.7 Å². The van der Waals surface area contributed by atoms with E-state index in [-0.39, 0.29) is 0 Å². The first-order chi connectivity index (χ1) is 9.75. The van der Waals surface area contributed by atoms with Crippen molar-refractivity contribution in [3.8, 4) is 11.1 Å². The van der Waals surface area contributed by atoms with Gasteiger partial charge in [-0.1, -0.05) is 47.5 Å². The zero-order chi connectivity index (χ0) is 13.7. The zero-order valence-electron chi connectivity index (χ0n) is 12.0. The van der Waals surface area contributed by atoms with E-state index in [2.05, 4.69) is 62.0 Å². The highest BCUT2D eigenvalue weighted by Gasteiger charge is 2.28. The first kappa shape index (κ1) is 12.3. The maximum Gasteiger partial charge on any atom is 0.0153 e. The van der Waals surface area contributed by atoms with Gasteiger partial charge in [-0.3, -0.25) is 0 Å². The highest BCUT2D eigenvalue weighted by molar-refractivity contribution is 7.99. The van der Waals surface area contributed by atoms with Crippen LogP contribution in [0.5, 0.6) is 0 Å². The fourth-order valence-corrected chi connectivity index (χ4v) is 4.56. The van der Waals surface area contributed by atoms with E-state index in [1.807, 2.05) is 0 Å². The predicted octanol–water partition coefficient (Wildman–Crippen LogP) is 5.22. The Balaban J connectivity index is 2.10. The van der Waals surface area contributed by atoms with Crippen molar-refractivity contribution < 1.29 is 0 Å². The Morgan fingerprint density at radius 1 is 0.950 bits per heavy atom. The van der Waals surface area contributed by atoms with Gasteiger partial charge in [0.25, 0.3) is 0 Å². The van der Waals surface area contributed by atoms with E-state index in [0.29, 0.717) is 0 Å². The van der Waals surface area contributed by atoms with E-state index in [1.165, 1.54) is 51.3 Å². The Morgan fingerprint density at radius 3 is 2.65 bits per heavy atom. The number of thioether (sulfide) groups is 1. The van der Waals surface area contributed by atoms with Crippen LogP contribution >= 0.6 is 11.8 Å². The highest BCUT2D eigenvalue weighted by atomic mass is 32.2. The summed E-state index contributed by atoms with van der Waals surface area (Å²) in [6, 6.07) is 13.6. The Labute approximate surface area is 124 Å². The quantitative estimate of drug-likeness (QED) is 0.543. The number of benzene rings is 2. The third kappa shape index (κ3) is 1.69. The van der Waals surface area contributed by atoms with Crippen LogP contribution in [0.3, 0.4) is 0 Å². The molecule has 0 aromatic heterocycles. The number of hydrogen-bond acceptors (Lipinski definition) is 1. The van der Waals surface area contributed by atoms with Gasteiger partial charge in [-0.25, -0.2) is 0 Å². The SMILES string of the molecule is Cc1ccc2c(c1)C(=C1CCSC1)c1c(C)cccc1-2. The fraction of sp³-hybridized carbons (Fsp3) is 0.263. The van der Waals surface area contributed by atoms with Crippen molar-refractivity contribution in [1.82, 2.24) is 0 Å². The van der Waals surface area contributed by atoms with Crippen molar-refractivity contribution in [2.45, 2.75) is 20.3 Å². The van der Waals surface area contributed by atoms with E-state index in [4.69, 9.17) is 0 Å². The lowest BCUT2D eigenvalue weighted by molar-refractivity contribution is 1.17. The van der Waals surface area contributed by atoms with Crippen LogP contribution in [0.2, 0.25) is 0 Å². The first-order valence-corrected chi connectivity index (χ1v) is 8.42. The van der Waals surface area contributed by atoms with E-state index in [1.54, 1.807) is 11.1 Å². The molecule has 2 aromatic carbocycles. The minimum Gasteiger partial charge on any atom is -0.157 e. The van der Waals surface area contributed by atoms with Gasteiger partial charge in [0.2, 0.25) is 0 Å². The predicted molar refractivity (Wildman–Crippen MR) is 89.3 cm³/mol. The molecular formula is C19H18S. The molecule has 2 aromatic rings. The normalized spacial score (nSPS) is 20.1. The largest absolute Gasteiger partial charge is 0.157 e. The molecule has 1 fully saturated rings. The Kier molecular flexibility index (Phi) is 2.78. The van der Waals surface area contributed by atoms with E-state index < -0.39 is 0 Å². The molecular weight excluding hydrogens is 260 g/mol. The van der Waals surface area contributed by atoms with Gasteiger partial charge in [0.15, 0.2) is 0 Å². The minimum absolute atomic E-state index is 1.20. The number of hydrogen-bond donors (Lipinski definition) is 0. The maximum atomic E-state index is 2.38. The van der Waals surface area contributed by atoms with Gasteiger partial charge >= 0.3 is 0 Å². The van der Waals surface area contributed by atoms with Gasteiger partial charge < -0.3 is 0 Å². The van der Waals surface area contributed by atoms with Crippen LogP contribution in [0, 0.1) is 13.8 Å². The summed E-state index contributed by atoms with van der Waals surface area (Å²) in [6.45, 7) is 4.45. The summed E-state index contributed by atoms with van der Waals surface area (Å²) in [5, 5.41) is 0. The molecule has 20 heavy (non-hydrogen) atoms. The third-order valence-electron chi connectivity index (χ3n) is 4.44. The second-order valence-electron chi connectivity index (χ2n) is 5.83. The summed E-state index contributed by atoms with van der Waals surface area (Å²) in [6.07, 6.45) is 1.25. The Morgan fingerprint density at radius 2 is 1.85 bits per heavy atom. The molecule has 0 spiro atoms. The molecule has 0 bridgehead atoms. The smallest absolute Gasteiger partial charge is 0.0153 e. The van der Waals surface area contributed by atoms with Crippen molar-refractivity contribution in [3.63, 3.8) is 0 Å². The molecule has 0 nitrogen and oxygen atoms in total. The standard InChI is InChI=1S/C19H18S/c1-12-6-7-15-16-5-3-4-13(2)18(16)19(17(15)10-12)14-8-9-20-11-14/h3-7,10H,8-9,11H2,1-2H3. The third-order valence-corrected chi connectivity index (χ3v) is 5.48. The average molecular weight is 278 g/mol. The molecule has 0 amide bonds. The molecule has 1 aliphatic carbocycles. The van der Waals surface area contributed by atoms with Crippen LogP contribution in [0.15, 0.2) is 42.0 Å². The van der Waals surface area contributed by atoms with Crippen LogP contribution in [0.25, 0.3) is 16.7 Å². The summed E-state index contributed by atoms with van der Waals surface area (Å²) >= 11 is 2.07. The topological polar surface area (TPSA) is 0 Å². The van der Waals surface area contributed by atoms with Crippen molar-refractivity contribution in [3.05, 3.63) is 64.2 Å². The van der Waals surface area contributed by atoms with Gasteiger partial charge in [0, 0.05) is 5.75 Å². The molecule has 0 unspecified atom stereocenters. The van der Waals surface area contributed by atoms with Crippen LogP contribution in [0.4, 0.5) is 0 Å². The fourth-order valence-electron chi connectivity index (χ4n) is 3.49. The molecule has 1 saturated heterocycles. The van der Waals surface area contributed by atoms with E-state index in [0.717, 1.165) is 0 Å². The van der Waals surface area contributed by atoms with Gasteiger partial charge in [0.1, 0.15) is 0 Å². The number of rotatable bonds is 0. The molecule has 2 aliphatic rings. The summed E-state index contributed by atoms with van der Waals surface area (Å²) in [4.78, 5) is 0. The Bertz CT molecular complexity index is 729. The van der Waals surface area contributed by atoms with Crippen LogP contribution in [-0.4, -0.2) is 11.5 Å². The second kappa shape index (κ2) is 4.53. The molecule has 0 N–H and O–H groups in total. The lowest BCUT2D eigenvalue weighted by atomic mass is 9.94. The molecule has 0 saturated carbocycles. The molecule has 0 atom stereocenters. The summed E-state index contributed by atoms with van der Waals surface area (Å²) < 4.78 is 0. The Hall–Kier alpha value is -1.47. The van der Waals surface area contributed by atoms with Crippen LogP contribution in [-0.2, 0) is 0 Å². The summed E-state index contributed by atoms with van der Waals surface area (Å²) in [5.41, 5.74) is 11.8. The molecule has 0 radical (unpaired) electrons. The van der Waals surface area contributed by atoms with Gasteiger partial charge in [-0.15, -0.1) is 0 Å². The summed E-state index contributed by atoms with van der Waals surface area (Å²) in [7, 11) is 0. The lowest BCUT2D eigenvalue weighted by Gasteiger charge is -2.10. The van der Waals surface area contributed by atoms with Crippen molar-refractivity contribution in [2.24, 2.45) is 0 Å². The lowest BCUT2D eigenvalue weighted by Crippen LogP contribution is -1.92. The minimum atomic E-state index is 1.20. The van der Waals surface area contributed by atoms with Gasteiger partial charge in [-0.05, 0) is 59.4 Å². The van der Waals surface area contributed by atoms with E-state index in [9.17, 15) is 0 Å². The van der Waals surface area contributed by atoms with Crippen LogP contribution < -0.4 is 0 Å². The highest BCUT2D eigenvalue weighted by Crippen LogP contribution is 2.49. The number of fused-ring (bicyclic) bond motifs is 3. The van der Waals surface area contributed by atoms with E-state index >= 15 is 0 Å². The molecule has 1 heteroatoms. The van der Waals surface area contributed by atoms with Gasteiger partial charge in [-0.2, -0.15) is 11.8 Å². The van der Waals surface area contributed by atoms with Crippen molar-refractivity contribution in [2.75, 3.05) is 11.5 Å². The zero-order valence-corrected chi connectivity index (χ0v) is 12.8. The maximum absolute atomic E-state index is 2.38. The molecule has 4 rings (SSSR count). The molecule has 1 heterocycles. The van der Waals surface area contributed by atoms with Gasteiger partial charge in [0.05, 0.1) is 0 Å². The first-order valence-electron chi connectivity index (χ1n) is 7.27. The van der Waals surface area contributed by atoms with Crippen molar-refractivity contribution in [1.29, 1.82) is 0 Å². The average Bonchev–Trinajstić information content (AvgIpc) is 3.04. The summed E-state index contributed by atoms with van der Waals surface area (Å²) in [5.74, 6) is 2.48. The number of aryl methyl sites for hydroxylation is 2. The van der Waals surface area contributed by atoms with Crippen molar-refractivity contribution >= 4 is 17.3 Å².